The van der Waals surface area contributed by atoms with Crippen LogP contribution >= 0.6 is 11.6 Å². The number of ether oxygens (including phenoxy) is 1. The molecular weight excluding hydrogens is 397 g/mol. The van der Waals surface area contributed by atoms with Crippen molar-refractivity contribution in [1.29, 1.82) is 0 Å². The van der Waals surface area contributed by atoms with Gasteiger partial charge < -0.3 is 14.5 Å². The van der Waals surface area contributed by atoms with E-state index in [0.29, 0.717) is 16.3 Å². The summed E-state index contributed by atoms with van der Waals surface area (Å²) in [5, 5.41) is 3.24. The van der Waals surface area contributed by atoms with Gasteiger partial charge in [0.2, 0.25) is 5.88 Å². The van der Waals surface area contributed by atoms with Crippen LogP contribution in [-0.2, 0) is 6.54 Å². The van der Waals surface area contributed by atoms with E-state index in [2.05, 4.69) is 15.0 Å². The molecule has 0 radical (unpaired) electrons. The van der Waals surface area contributed by atoms with Crippen LogP contribution in [0.2, 0.25) is 5.02 Å². The van der Waals surface area contributed by atoms with Gasteiger partial charge in [-0.3, -0.25) is 4.79 Å². The Labute approximate surface area is 163 Å². The summed E-state index contributed by atoms with van der Waals surface area (Å²) in [5.41, 5.74) is 1.37. The third-order valence-corrected chi connectivity index (χ3v) is 3.84. The first-order chi connectivity index (χ1) is 13.3. The summed E-state index contributed by atoms with van der Waals surface area (Å²) in [4.78, 5) is 16.0. The molecule has 2 aromatic heterocycles. The van der Waals surface area contributed by atoms with Gasteiger partial charge in [0, 0.05) is 29.4 Å². The number of amides is 1. The molecule has 146 valence electrons. The maximum absolute atomic E-state index is 12.2. The van der Waals surface area contributed by atoms with Crippen molar-refractivity contribution < 1.29 is 27.1 Å². The van der Waals surface area contributed by atoms with Gasteiger partial charge in [-0.15, -0.1) is 0 Å². The predicted molar refractivity (Wildman–Crippen MR) is 96.1 cm³/mol. The molecule has 0 aliphatic rings. The highest BCUT2D eigenvalue weighted by molar-refractivity contribution is 6.30. The Kier molecular flexibility index (Phi) is 5.89. The molecule has 1 N–H and O–H groups in total. The Morgan fingerprint density at radius 3 is 2.50 bits per heavy atom. The lowest BCUT2D eigenvalue weighted by Crippen LogP contribution is -2.22. The number of nitrogens with zero attached hydrogens (tertiary/aromatic N) is 1. The summed E-state index contributed by atoms with van der Waals surface area (Å²) >= 11 is 5.84. The second kappa shape index (κ2) is 8.35. The maximum Gasteiger partial charge on any atom is 0.422 e. The van der Waals surface area contributed by atoms with Crippen molar-refractivity contribution in [3.63, 3.8) is 0 Å². The summed E-state index contributed by atoms with van der Waals surface area (Å²) in [6.45, 7) is -1.28. The molecule has 0 atom stereocenters. The van der Waals surface area contributed by atoms with E-state index in [4.69, 9.17) is 16.0 Å². The first kappa shape index (κ1) is 19.8. The lowest BCUT2D eigenvalue weighted by atomic mass is 10.2. The van der Waals surface area contributed by atoms with E-state index >= 15 is 0 Å². The zero-order valence-electron chi connectivity index (χ0n) is 14.3. The summed E-state index contributed by atoms with van der Waals surface area (Å²) in [5.74, 6) is 0.0707. The van der Waals surface area contributed by atoms with Crippen molar-refractivity contribution in [2.45, 2.75) is 12.7 Å². The number of pyridine rings is 1. The Balaban J connectivity index is 1.55. The summed E-state index contributed by atoms with van der Waals surface area (Å²) in [6, 6.07) is 13.0. The van der Waals surface area contributed by atoms with Crippen molar-refractivity contribution in [3.8, 4) is 17.2 Å². The number of benzene rings is 1. The van der Waals surface area contributed by atoms with Crippen molar-refractivity contribution in [2.75, 3.05) is 6.61 Å². The quantitative estimate of drug-likeness (QED) is 0.630. The van der Waals surface area contributed by atoms with Gasteiger partial charge >= 0.3 is 6.18 Å². The molecule has 0 saturated carbocycles. The molecule has 3 rings (SSSR count). The molecule has 0 bridgehead atoms. The van der Waals surface area contributed by atoms with Crippen LogP contribution in [0, 0.1) is 0 Å². The van der Waals surface area contributed by atoms with E-state index in [-0.39, 0.29) is 18.2 Å². The summed E-state index contributed by atoms with van der Waals surface area (Å²) < 4.78 is 46.4. The minimum Gasteiger partial charge on any atom is -0.468 e. The number of alkyl halides is 3. The topological polar surface area (TPSA) is 64.4 Å². The number of rotatable bonds is 6. The van der Waals surface area contributed by atoms with Crippen LogP contribution in [0.4, 0.5) is 13.2 Å². The Bertz CT molecular complexity index is 938. The number of halogens is 4. The second-order valence-corrected chi connectivity index (χ2v) is 6.20. The third-order valence-electron chi connectivity index (χ3n) is 3.59. The van der Waals surface area contributed by atoms with Crippen molar-refractivity contribution in [3.05, 3.63) is 71.1 Å². The van der Waals surface area contributed by atoms with Crippen LogP contribution in [0.3, 0.4) is 0 Å². The van der Waals surface area contributed by atoms with Gasteiger partial charge in [0.15, 0.2) is 12.4 Å². The highest BCUT2D eigenvalue weighted by Crippen LogP contribution is 2.24. The third kappa shape index (κ3) is 5.50. The second-order valence-electron chi connectivity index (χ2n) is 5.76. The molecule has 1 amide bonds. The molecule has 5 nitrogen and oxygen atoms in total. The van der Waals surface area contributed by atoms with E-state index in [1.807, 2.05) is 0 Å². The molecule has 3 aromatic rings. The smallest absolute Gasteiger partial charge is 0.422 e. The molecule has 0 saturated heterocycles. The Morgan fingerprint density at radius 1 is 1.11 bits per heavy atom. The van der Waals surface area contributed by atoms with Crippen LogP contribution < -0.4 is 10.1 Å². The minimum absolute atomic E-state index is 0.127. The highest BCUT2D eigenvalue weighted by Gasteiger charge is 2.28. The van der Waals surface area contributed by atoms with E-state index < -0.39 is 18.7 Å². The largest absolute Gasteiger partial charge is 0.468 e. The molecule has 0 spiro atoms. The zero-order valence-corrected chi connectivity index (χ0v) is 15.1. The number of hydrogen-bond acceptors (Lipinski definition) is 4. The van der Waals surface area contributed by atoms with Crippen molar-refractivity contribution in [1.82, 2.24) is 10.3 Å². The van der Waals surface area contributed by atoms with Crippen LogP contribution in [0.5, 0.6) is 5.88 Å². The molecular formula is C19H14ClF3N2O3. The molecule has 0 aliphatic heterocycles. The fourth-order valence-electron chi connectivity index (χ4n) is 2.26. The zero-order chi connectivity index (χ0) is 20.1. The SMILES string of the molecule is O=C(NCc1ccc(OCC(F)(F)F)nc1)c1ccc(-c2ccc(Cl)cc2)o1. The number of nitrogens with one attached hydrogen (secondary N) is 1. The van der Waals surface area contributed by atoms with Crippen LogP contribution in [0.15, 0.2) is 59.1 Å². The van der Waals surface area contributed by atoms with Crippen molar-refractivity contribution >= 4 is 17.5 Å². The minimum atomic E-state index is -4.43. The number of furan rings is 1. The number of aromatic nitrogens is 1. The first-order valence-corrected chi connectivity index (χ1v) is 8.46. The monoisotopic (exact) mass is 410 g/mol. The maximum atomic E-state index is 12.2. The van der Waals surface area contributed by atoms with E-state index in [1.165, 1.54) is 18.3 Å². The van der Waals surface area contributed by atoms with Gasteiger partial charge in [0.05, 0.1) is 0 Å². The fraction of sp³-hybridized carbons (Fsp3) is 0.158. The summed E-state index contributed by atoms with van der Waals surface area (Å²) in [7, 11) is 0. The molecule has 0 unspecified atom stereocenters. The predicted octanol–water partition coefficient (Wildman–Crippen LogP) is 4.87. The highest BCUT2D eigenvalue weighted by atomic mass is 35.5. The number of carbonyl (C=O) groups excluding carboxylic acids is 1. The van der Waals surface area contributed by atoms with E-state index in [1.54, 1.807) is 36.4 Å². The molecule has 2 heterocycles. The lowest BCUT2D eigenvalue weighted by molar-refractivity contribution is -0.154. The van der Waals surface area contributed by atoms with Gasteiger partial charge in [-0.05, 0) is 42.0 Å². The average Bonchev–Trinajstić information content (AvgIpc) is 3.15. The Hall–Kier alpha value is -3.00. The standard InChI is InChI=1S/C19H14ClF3N2O3/c20-14-4-2-13(3-5-14)15-6-7-16(28-15)18(26)25-10-12-1-8-17(24-9-12)27-11-19(21,22)23/h1-9H,10-11H2,(H,25,26). The molecule has 0 fully saturated rings. The Morgan fingerprint density at radius 2 is 1.86 bits per heavy atom. The number of hydrogen-bond donors (Lipinski definition) is 1. The first-order valence-electron chi connectivity index (χ1n) is 8.08. The average molecular weight is 411 g/mol. The molecule has 1 aromatic carbocycles. The normalized spacial score (nSPS) is 11.3. The fourth-order valence-corrected chi connectivity index (χ4v) is 2.38. The van der Waals surface area contributed by atoms with Crippen LogP contribution in [0.1, 0.15) is 16.1 Å². The van der Waals surface area contributed by atoms with Crippen LogP contribution in [0.25, 0.3) is 11.3 Å². The summed E-state index contributed by atoms with van der Waals surface area (Å²) in [6.07, 6.45) is -3.10. The van der Waals surface area contributed by atoms with E-state index in [0.717, 1.165) is 5.56 Å². The van der Waals surface area contributed by atoms with E-state index in [9.17, 15) is 18.0 Å². The van der Waals surface area contributed by atoms with Gasteiger partial charge in [-0.1, -0.05) is 17.7 Å². The molecule has 9 heteroatoms. The molecule has 28 heavy (non-hydrogen) atoms. The van der Waals surface area contributed by atoms with Crippen LogP contribution in [-0.4, -0.2) is 23.7 Å². The van der Waals surface area contributed by atoms with Gasteiger partial charge in [-0.2, -0.15) is 13.2 Å². The van der Waals surface area contributed by atoms with Gasteiger partial charge in [-0.25, -0.2) is 4.98 Å². The van der Waals surface area contributed by atoms with Gasteiger partial charge in [0.25, 0.3) is 5.91 Å². The molecule has 0 aliphatic carbocycles. The van der Waals surface area contributed by atoms with Crippen molar-refractivity contribution in [2.24, 2.45) is 0 Å². The van der Waals surface area contributed by atoms with Gasteiger partial charge in [0.1, 0.15) is 5.76 Å². The number of carbonyl (C=O) groups is 1. The lowest BCUT2D eigenvalue weighted by Gasteiger charge is -2.09.